The van der Waals surface area contributed by atoms with Crippen LogP contribution in [-0.2, 0) is 0 Å². The normalized spacial score (nSPS) is 12.7. The first kappa shape index (κ1) is 12.2. The lowest BCUT2D eigenvalue weighted by atomic mass is 10.0. The zero-order chi connectivity index (χ0) is 10.9. The molecule has 0 heterocycles. The monoisotopic (exact) mass is 207 g/mol. The van der Waals surface area contributed by atoms with Crippen LogP contribution in [0.1, 0.15) is 24.4 Å². The summed E-state index contributed by atoms with van der Waals surface area (Å²) in [5.41, 5.74) is 12.4. The van der Waals surface area contributed by atoms with Crippen molar-refractivity contribution in [2.24, 2.45) is 11.5 Å². The Hall–Kier alpha value is -0.900. The van der Waals surface area contributed by atoms with Crippen LogP contribution >= 0.6 is 0 Å². The fourth-order valence-electron chi connectivity index (χ4n) is 1.62. The molecular formula is C12H21N3. The van der Waals surface area contributed by atoms with Gasteiger partial charge in [-0.3, -0.25) is 0 Å². The second-order valence-corrected chi connectivity index (χ2v) is 3.64. The van der Waals surface area contributed by atoms with Crippen molar-refractivity contribution in [2.45, 2.75) is 18.9 Å². The molecule has 1 aromatic carbocycles. The van der Waals surface area contributed by atoms with Gasteiger partial charge >= 0.3 is 0 Å². The number of hydrogen-bond donors (Lipinski definition) is 3. The van der Waals surface area contributed by atoms with Gasteiger partial charge in [0.2, 0.25) is 0 Å². The number of nitrogens with two attached hydrogens (primary N) is 2. The third kappa shape index (κ3) is 4.42. The number of benzene rings is 1. The molecule has 0 amide bonds. The smallest absolute Gasteiger partial charge is 0.0332 e. The first-order valence-corrected chi connectivity index (χ1v) is 5.57. The van der Waals surface area contributed by atoms with E-state index >= 15 is 0 Å². The Morgan fingerprint density at radius 2 is 1.80 bits per heavy atom. The van der Waals surface area contributed by atoms with Crippen molar-refractivity contribution in [1.82, 2.24) is 5.32 Å². The van der Waals surface area contributed by atoms with E-state index in [2.05, 4.69) is 29.6 Å². The summed E-state index contributed by atoms with van der Waals surface area (Å²) in [6, 6.07) is 10.8. The highest BCUT2D eigenvalue weighted by Gasteiger charge is 2.08. The minimum Gasteiger partial charge on any atom is -0.330 e. The Balaban J connectivity index is 2.50. The Morgan fingerprint density at radius 3 is 2.40 bits per heavy atom. The van der Waals surface area contributed by atoms with E-state index in [1.165, 1.54) is 5.56 Å². The van der Waals surface area contributed by atoms with Crippen molar-refractivity contribution in [3.05, 3.63) is 35.9 Å². The first-order chi connectivity index (χ1) is 7.38. The fraction of sp³-hybridized carbons (Fsp3) is 0.500. The van der Waals surface area contributed by atoms with Crippen LogP contribution in [0.15, 0.2) is 30.3 Å². The summed E-state index contributed by atoms with van der Waals surface area (Å²) in [6.07, 6.45) is 1.97. The number of hydrogen-bond acceptors (Lipinski definition) is 3. The van der Waals surface area contributed by atoms with Gasteiger partial charge in [0, 0.05) is 6.04 Å². The lowest BCUT2D eigenvalue weighted by Crippen LogP contribution is -2.26. The van der Waals surface area contributed by atoms with E-state index in [0.29, 0.717) is 12.6 Å². The van der Waals surface area contributed by atoms with Gasteiger partial charge < -0.3 is 16.8 Å². The Morgan fingerprint density at radius 1 is 1.07 bits per heavy atom. The molecule has 0 aromatic heterocycles. The molecule has 1 rings (SSSR count). The molecule has 1 atom stereocenters. The average Bonchev–Trinajstić information content (AvgIpc) is 2.29. The van der Waals surface area contributed by atoms with Gasteiger partial charge in [-0.2, -0.15) is 0 Å². The largest absolute Gasteiger partial charge is 0.330 e. The lowest BCUT2D eigenvalue weighted by Gasteiger charge is -2.18. The van der Waals surface area contributed by atoms with Crippen molar-refractivity contribution in [3.8, 4) is 0 Å². The van der Waals surface area contributed by atoms with Crippen LogP contribution in [0.3, 0.4) is 0 Å². The molecule has 0 fully saturated rings. The first-order valence-electron chi connectivity index (χ1n) is 5.57. The van der Waals surface area contributed by atoms with Crippen molar-refractivity contribution in [2.75, 3.05) is 19.6 Å². The van der Waals surface area contributed by atoms with Crippen molar-refractivity contribution < 1.29 is 0 Å². The molecule has 1 unspecified atom stereocenters. The molecule has 3 nitrogen and oxygen atoms in total. The summed E-state index contributed by atoms with van der Waals surface area (Å²) in [5.74, 6) is 0. The van der Waals surface area contributed by atoms with Gasteiger partial charge in [-0.15, -0.1) is 0 Å². The summed E-state index contributed by atoms with van der Waals surface area (Å²) < 4.78 is 0. The molecule has 0 aliphatic heterocycles. The second kappa shape index (κ2) is 7.40. The summed E-state index contributed by atoms with van der Waals surface area (Å²) >= 11 is 0. The SMILES string of the molecule is NCCCNC(CCN)c1ccccc1. The predicted octanol–water partition coefficient (Wildman–Crippen LogP) is 1.01. The van der Waals surface area contributed by atoms with Gasteiger partial charge in [0.1, 0.15) is 0 Å². The van der Waals surface area contributed by atoms with Gasteiger partial charge in [-0.1, -0.05) is 30.3 Å². The van der Waals surface area contributed by atoms with Gasteiger partial charge in [0.25, 0.3) is 0 Å². The molecule has 84 valence electrons. The van der Waals surface area contributed by atoms with Crippen LogP contribution in [0.5, 0.6) is 0 Å². The van der Waals surface area contributed by atoms with Gasteiger partial charge in [0.15, 0.2) is 0 Å². The van der Waals surface area contributed by atoms with E-state index < -0.39 is 0 Å². The van der Waals surface area contributed by atoms with Crippen LogP contribution < -0.4 is 16.8 Å². The second-order valence-electron chi connectivity index (χ2n) is 3.64. The molecular weight excluding hydrogens is 186 g/mol. The highest BCUT2D eigenvalue weighted by Crippen LogP contribution is 2.15. The van der Waals surface area contributed by atoms with Crippen LogP contribution in [0.2, 0.25) is 0 Å². The van der Waals surface area contributed by atoms with E-state index in [0.717, 1.165) is 25.9 Å². The molecule has 0 radical (unpaired) electrons. The molecule has 0 aliphatic rings. The summed E-state index contributed by atoms with van der Waals surface area (Å²) in [4.78, 5) is 0. The highest BCUT2D eigenvalue weighted by atomic mass is 14.9. The van der Waals surface area contributed by atoms with E-state index in [9.17, 15) is 0 Å². The standard InChI is InChI=1S/C12H21N3/c13-8-4-10-15-12(7-9-14)11-5-2-1-3-6-11/h1-3,5-6,12,15H,4,7-10,13-14H2. The van der Waals surface area contributed by atoms with E-state index in [1.807, 2.05) is 6.07 Å². The Kier molecular flexibility index (Phi) is 6.00. The molecule has 1 aromatic rings. The lowest BCUT2D eigenvalue weighted by molar-refractivity contribution is 0.500. The number of rotatable bonds is 7. The topological polar surface area (TPSA) is 64.1 Å². The third-order valence-corrected chi connectivity index (χ3v) is 2.43. The fourth-order valence-corrected chi connectivity index (χ4v) is 1.62. The highest BCUT2D eigenvalue weighted by molar-refractivity contribution is 5.18. The molecule has 15 heavy (non-hydrogen) atoms. The van der Waals surface area contributed by atoms with Gasteiger partial charge in [-0.05, 0) is 38.0 Å². The summed E-state index contributed by atoms with van der Waals surface area (Å²) in [5, 5.41) is 3.48. The molecule has 0 bridgehead atoms. The summed E-state index contributed by atoms with van der Waals surface area (Å²) in [7, 11) is 0. The van der Waals surface area contributed by atoms with E-state index in [4.69, 9.17) is 11.5 Å². The van der Waals surface area contributed by atoms with Crippen LogP contribution in [0.4, 0.5) is 0 Å². The van der Waals surface area contributed by atoms with Gasteiger partial charge in [0.05, 0.1) is 0 Å². The maximum absolute atomic E-state index is 5.61. The van der Waals surface area contributed by atoms with Gasteiger partial charge in [-0.25, -0.2) is 0 Å². The van der Waals surface area contributed by atoms with Crippen molar-refractivity contribution in [1.29, 1.82) is 0 Å². The van der Waals surface area contributed by atoms with Crippen molar-refractivity contribution in [3.63, 3.8) is 0 Å². The van der Waals surface area contributed by atoms with Crippen molar-refractivity contribution >= 4 is 0 Å². The molecule has 0 spiro atoms. The third-order valence-electron chi connectivity index (χ3n) is 2.43. The zero-order valence-electron chi connectivity index (χ0n) is 9.15. The molecule has 0 saturated heterocycles. The van der Waals surface area contributed by atoms with Crippen LogP contribution in [0, 0.1) is 0 Å². The van der Waals surface area contributed by atoms with Crippen LogP contribution in [-0.4, -0.2) is 19.6 Å². The number of nitrogens with one attached hydrogen (secondary N) is 1. The molecule has 5 N–H and O–H groups in total. The minimum atomic E-state index is 0.364. The zero-order valence-corrected chi connectivity index (χ0v) is 9.15. The predicted molar refractivity (Wildman–Crippen MR) is 64.5 cm³/mol. The van der Waals surface area contributed by atoms with E-state index in [1.54, 1.807) is 0 Å². The molecule has 3 heteroatoms. The average molecular weight is 207 g/mol. The Bertz CT molecular complexity index is 248. The summed E-state index contributed by atoms with van der Waals surface area (Å²) in [6.45, 7) is 2.39. The maximum Gasteiger partial charge on any atom is 0.0332 e. The van der Waals surface area contributed by atoms with Crippen LogP contribution in [0.25, 0.3) is 0 Å². The quantitative estimate of drug-likeness (QED) is 0.585. The minimum absolute atomic E-state index is 0.364. The van der Waals surface area contributed by atoms with E-state index in [-0.39, 0.29) is 0 Å². The molecule has 0 aliphatic carbocycles. The Labute approximate surface area is 91.9 Å². The molecule has 0 saturated carbocycles. The maximum atomic E-state index is 5.61.